The van der Waals surface area contributed by atoms with Crippen molar-refractivity contribution in [3.8, 4) is 5.75 Å². The molecule has 0 radical (unpaired) electrons. The zero-order valence-electron chi connectivity index (χ0n) is 12.2. The van der Waals surface area contributed by atoms with Crippen LogP contribution < -0.4 is 10.5 Å². The number of hydrogen-bond acceptors (Lipinski definition) is 4. The Labute approximate surface area is 120 Å². The van der Waals surface area contributed by atoms with Gasteiger partial charge in [0.2, 0.25) is 0 Å². The average molecular weight is 276 g/mol. The van der Waals surface area contributed by atoms with Gasteiger partial charge in [0.1, 0.15) is 18.5 Å². The van der Waals surface area contributed by atoms with E-state index in [1.54, 1.807) is 0 Å². The third-order valence-electron chi connectivity index (χ3n) is 4.28. The molecule has 1 aliphatic heterocycles. The second kappa shape index (κ2) is 6.12. The van der Waals surface area contributed by atoms with Crippen molar-refractivity contribution < 1.29 is 9.47 Å². The SMILES string of the molecule is CN1CCOC(COc2cccc3c2CCCC3N)C1. The number of hydrogen-bond donors (Lipinski definition) is 1. The molecule has 2 aliphatic rings. The largest absolute Gasteiger partial charge is 0.491 e. The molecule has 0 spiro atoms. The maximum atomic E-state index is 6.19. The van der Waals surface area contributed by atoms with Gasteiger partial charge in [-0.3, -0.25) is 0 Å². The van der Waals surface area contributed by atoms with Gasteiger partial charge in [-0.25, -0.2) is 0 Å². The fraction of sp³-hybridized carbons (Fsp3) is 0.625. The predicted octanol–water partition coefficient (Wildman–Crippen LogP) is 1.73. The van der Waals surface area contributed by atoms with Gasteiger partial charge in [-0.05, 0) is 43.5 Å². The van der Waals surface area contributed by atoms with Crippen LogP contribution in [0.25, 0.3) is 0 Å². The summed E-state index contributed by atoms with van der Waals surface area (Å²) in [4.78, 5) is 2.29. The molecule has 3 rings (SSSR count). The third-order valence-corrected chi connectivity index (χ3v) is 4.28. The molecular weight excluding hydrogens is 252 g/mol. The summed E-state index contributed by atoms with van der Waals surface area (Å²) in [6.45, 7) is 3.36. The van der Waals surface area contributed by atoms with E-state index in [2.05, 4.69) is 24.1 Å². The Morgan fingerprint density at radius 3 is 3.20 bits per heavy atom. The molecule has 2 atom stereocenters. The van der Waals surface area contributed by atoms with E-state index in [1.807, 2.05) is 6.07 Å². The number of nitrogens with zero attached hydrogens (tertiary/aromatic N) is 1. The Morgan fingerprint density at radius 1 is 1.45 bits per heavy atom. The zero-order chi connectivity index (χ0) is 13.9. The maximum Gasteiger partial charge on any atom is 0.122 e. The Kier molecular flexibility index (Phi) is 4.24. The number of fused-ring (bicyclic) bond motifs is 1. The number of ether oxygens (including phenoxy) is 2. The van der Waals surface area contributed by atoms with Gasteiger partial charge in [-0.2, -0.15) is 0 Å². The average Bonchev–Trinajstić information content (AvgIpc) is 2.46. The lowest BCUT2D eigenvalue weighted by Gasteiger charge is -2.30. The fourth-order valence-electron chi connectivity index (χ4n) is 3.14. The quantitative estimate of drug-likeness (QED) is 0.913. The highest BCUT2D eigenvalue weighted by Crippen LogP contribution is 2.34. The first-order valence-corrected chi connectivity index (χ1v) is 7.54. The summed E-state index contributed by atoms with van der Waals surface area (Å²) < 4.78 is 11.8. The van der Waals surface area contributed by atoms with Crippen molar-refractivity contribution in [2.45, 2.75) is 31.4 Å². The van der Waals surface area contributed by atoms with Crippen LogP contribution in [0.1, 0.15) is 30.0 Å². The topological polar surface area (TPSA) is 47.7 Å². The predicted molar refractivity (Wildman–Crippen MR) is 79.0 cm³/mol. The third kappa shape index (κ3) is 2.97. The number of morpholine rings is 1. The number of likely N-dealkylation sites (N-methyl/N-ethyl adjacent to an activating group) is 1. The van der Waals surface area contributed by atoms with E-state index < -0.39 is 0 Å². The number of rotatable bonds is 3. The monoisotopic (exact) mass is 276 g/mol. The van der Waals surface area contributed by atoms with Crippen LogP contribution >= 0.6 is 0 Å². The molecule has 0 aromatic heterocycles. The van der Waals surface area contributed by atoms with Gasteiger partial charge in [0.05, 0.1) is 6.61 Å². The molecule has 2 N–H and O–H groups in total. The highest BCUT2D eigenvalue weighted by atomic mass is 16.5. The van der Waals surface area contributed by atoms with Gasteiger partial charge in [0, 0.05) is 19.1 Å². The van der Waals surface area contributed by atoms with Crippen LogP contribution in [0, 0.1) is 0 Å². The van der Waals surface area contributed by atoms with Crippen molar-refractivity contribution >= 4 is 0 Å². The molecule has 0 saturated carbocycles. The fourth-order valence-corrected chi connectivity index (χ4v) is 3.14. The molecule has 110 valence electrons. The second-order valence-electron chi connectivity index (χ2n) is 5.89. The molecule has 20 heavy (non-hydrogen) atoms. The van der Waals surface area contributed by atoms with Crippen molar-refractivity contribution in [1.29, 1.82) is 0 Å². The van der Waals surface area contributed by atoms with Crippen LogP contribution in [-0.4, -0.2) is 44.4 Å². The highest BCUT2D eigenvalue weighted by molar-refractivity contribution is 5.43. The van der Waals surface area contributed by atoms with Crippen molar-refractivity contribution in [2.24, 2.45) is 5.73 Å². The molecule has 1 heterocycles. The lowest BCUT2D eigenvalue weighted by atomic mass is 9.87. The first-order chi connectivity index (χ1) is 9.74. The Morgan fingerprint density at radius 2 is 2.35 bits per heavy atom. The summed E-state index contributed by atoms with van der Waals surface area (Å²) in [6, 6.07) is 6.41. The van der Waals surface area contributed by atoms with E-state index in [4.69, 9.17) is 15.2 Å². The molecular formula is C16H24N2O2. The Hall–Kier alpha value is -1.10. The van der Waals surface area contributed by atoms with Crippen molar-refractivity contribution in [3.05, 3.63) is 29.3 Å². The molecule has 1 aromatic carbocycles. The van der Waals surface area contributed by atoms with Crippen LogP contribution in [0.15, 0.2) is 18.2 Å². The standard InChI is InChI=1S/C16H24N2O2/c1-18-8-9-19-12(10-18)11-20-16-7-3-4-13-14(16)5-2-6-15(13)17/h3-4,7,12,15H,2,5-6,8-11,17H2,1H3. The first-order valence-electron chi connectivity index (χ1n) is 7.54. The van der Waals surface area contributed by atoms with Crippen LogP contribution in [0.3, 0.4) is 0 Å². The summed E-state index contributed by atoms with van der Waals surface area (Å²) in [5, 5.41) is 0. The molecule has 1 aliphatic carbocycles. The summed E-state index contributed by atoms with van der Waals surface area (Å²) in [7, 11) is 2.12. The minimum absolute atomic E-state index is 0.166. The molecule has 2 unspecified atom stereocenters. The number of benzene rings is 1. The summed E-state index contributed by atoms with van der Waals surface area (Å²) in [5.41, 5.74) is 8.75. The van der Waals surface area contributed by atoms with Crippen LogP contribution in [0.5, 0.6) is 5.75 Å². The summed E-state index contributed by atoms with van der Waals surface area (Å²) >= 11 is 0. The first kappa shape index (κ1) is 13.9. The smallest absolute Gasteiger partial charge is 0.122 e. The summed E-state index contributed by atoms with van der Waals surface area (Å²) in [5.74, 6) is 0.995. The van der Waals surface area contributed by atoms with E-state index in [1.165, 1.54) is 11.1 Å². The van der Waals surface area contributed by atoms with Gasteiger partial charge >= 0.3 is 0 Å². The number of nitrogens with two attached hydrogens (primary N) is 1. The Bertz CT molecular complexity index is 464. The van der Waals surface area contributed by atoms with E-state index in [9.17, 15) is 0 Å². The van der Waals surface area contributed by atoms with Crippen molar-refractivity contribution in [2.75, 3.05) is 33.4 Å². The van der Waals surface area contributed by atoms with E-state index in [-0.39, 0.29) is 12.1 Å². The van der Waals surface area contributed by atoms with Crippen LogP contribution in [0.2, 0.25) is 0 Å². The van der Waals surface area contributed by atoms with Gasteiger partial charge in [0.25, 0.3) is 0 Å². The lowest BCUT2D eigenvalue weighted by molar-refractivity contribution is -0.0405. The molecule has 4 nitrogen and oxygen atoms in total. The van der Waals surface area contributed by atoms with Gasteiger partial charge < -0.3 is 20.1 Å². The highest BCUT2D eigenvalue weighted by Gasteiger charge is 2.22. The van der Waals surface area contributed by atoms with Crippen LogP contribution in [-0.2, 0) is 11.2 Å². The Balaban J connectivity index is 1.67. The molecule has 1 fully saturated rings. The summed E-state index contributed by atoms with van der Waals surface area (Å²) in [6.07, 6.45) is 3.47. The minimum atomic E-state index is 0.166. The maximum absolute atomic E-state index is 6.19. The molecule has 1 saturated heterocycles. The normalized spacial score (nSPS) is 27.1. The van der Waals surface area contributed by atoms with Crippen molar-refractivity contribution in [1.82, 2.24) is 4.90 Å². The van der Waals surface area contributed by atoms with Gasteiger partial charge in [-0.1, -0.05) is 12.1 Å². The lowest BCUT2D eigenvalue weighted by Crippen LogP contribution is -2.42. The molecule has 0 amide bonds. The van der Waals surface area contributed by atoms with Crippen LogP contribution in [0.4, 0.5) is 0 Å². The van der Waals surface area contributed by atoms with E-state index in [0.717, 1.165) is 44.7 Å². The van der Waals surface area contributed by atoms with Crippen molar-refractivity contribution in [3.63, 3.8) is 0 Å². The second-order valence-corrected chi connectivity index (χ2v) is 5.89. The molecule has 0 bridgehead atoms. The van der Waals surface area contributed by atoms with E-state index in [0.29, 0.717) is 6.61 Å². The zero-order valence-corrected chi connectivity index (χ0v) is 12.2. The van der Waals surface area contributed by atoms with Gasteiger partial charge in [-0.15, -0.1) is 0 Å². The van der Waals surface area contributed by atoms with E-state index >= 15 is 0 Å². The minimum Gasteiger partial charge on any atom is -0.491 e. The molecule has 4 heteroatoms. The molecule has 1 aromatic rings. The van der Waals surface area contributed by atoms with Gasteiger partial charge in [0.15, 0.2) is 0 Å².